The summed E-state index contributed by atoms with van der Waals surface area (Å²) in [7, 11) is 0. The highest BCUT2D eigenvalue weighted by molar-refractivity contribution is 7.80. The molecule has 29 nitrogen and oxygen atoms in total. The second-order valence-electron chi connectivity index (χ2n) is 19.4. The Bertz CT molecular complexity index is 2230. The van der Waals surface area contributed by atoms with Gasteiger partial charge in [0.2, 0.25) is 70.9 Å². The Morgan fingerprint density at radius 3 is 1.49 bits per heavy atom. The van der Waals surface area contributed by atoms with Crippen molar-refractivity contribution in [3.05, 3.63) is 18.2 Å². The van der Waals surface area contributed by atoms with Crippen molar-refractivity contribution in [1.29, 1.82) is 0 Å². The van der Waals surface area contributed by atoms with Crippen molar-refractivity contribution in [2.75, 3.05) is 12.3 Å². The van der Waals surface area contributed by atoms with E-state index in [9.17, 15) is 67.4 Å². The van der Waals surface area contributed by atoms with Crippen LogP contribution in [0.3, 0.4) is 0 Å². The molecule has 0 aliphatic carbocycles. The average molecular weight is 1110 g/mol. The fourth-order valence-electron chi connectivity index (χ4n) is 7.30. The molecule has 1 rings (SSSR count). The lowest BCUT2D eigenvalue weighted by Crippen LogP contribution is -2.62. The van der Waals surface area contributed by atoms with E-state index in [0.717, 1.165) is 0 Å². The fourth-order valence-corrected chi connectivity index (χ4v) is 7.54. The van der Waals surface area contributed by atoms with Crippen LogP contribution in [-0.2, 0) is 68.7 Å². The van der Waals surface area contributed by atoms with Crippen LogP contribution in [0, 0.1) is 23.7 Å². The molecule has 0 saturated carbocycles. The van der Waals surface area contributed by atoms with Crippen LogP contribution in [0.2, 0.25) is 0 Å². The minimum absolute atomic E-state index is 0.0885. The first kappa shape index (κ1) is 67.6. The number of thiol groups is 1. The molecule has 432 valence electrons. The van der Waals surface area contributed by atoms with Gasteiger partial charge < -0.3 is 80.9 Å². The number of H-pyrrole nitrogens is 1. The monoisotopic (exact) mass is 1110 g/mol. The molecule has 0 aromatic carbocycles. The number of amides is 12. The summed E-state index contributed by atoms with van der Waals surface area (Å²) in [5, 5.41) is 30.9. The zero-order valence-corrected chi connectivity index (χ0v) is 45.6. The Morgan fingerprint density at radius 2 is 1.04 bits per heavy atom. The van der Waals surface area contributed by atoms with Gasteiger partial charge in [-0.15, -0.1) is 0 Å². The Hall–Kier alpha value is -7.37. The molecule has 1 aromatic rings. The lowest BCUT2D eigenvalue weighted by molar-refractivity contribution is -0.141. The summed E-state index contributed by atoms with van der Waals surface area (Å²) in [6, 6.07) is -13.1. The highest BCUT2D eigenvalue weighted by Gasteiger charge is 2.38. The van der Waals surface area contributed by atoms with Crippen LogP contribution in [0.25, 0.3) is 0 Å². The number of carbonyl (C=O) groups excluding carboxylic acids is 12. The van der Waals surface area contributed by atoms with Crippen molar-refractivity contribution in [3.8, 4) is 0 Å². The SMILES string of the molecule is CC[C@H](C)[C@H](NC(=O)[C@H](CC(N)=O)NC(=O)[C@H](Cc1c[nH]cn1)NC(=O)[C@@H](NC(=O)[C@@H](NC(=O)[C@@H](N)CC(C)C)[C@@H](C)CC)C(C)C)C(=O)N[C@@H](CCC(N)=O)C(=O)N[C@@H](CC(N)=O)C(=O)NCC(=O)N[C@@H](CS)C(=O)O. The number of carbonyl (C=O) groups is 13. The summed E-state index contributed by atoms with van der Waals surface area (Å²) in [6.45, 7) is 13.0. The van der Waals surface area contributed by atoms with E-state index < -0.39 is 181 Å². The van der Waals surface area contributed by atoms with Gasteiger partial charge in [-0.05, 0) is 36.5 Å². The maximum atomic E-state index is 14.2. The fraction of sp³-hybridized carbons (Fsp3) is 0.660. The molecular weight excluding hydrogens is 1030 g/mol. The molecule has 0 radical (unpaired) electrons. The Morgan fingerprint density at radius 1 is 0.584 bits per heavy atom. The molecule has 30 heteroatoms. The van der Waals surface area contributed by atoms with Crippen LogP contribution in [0.15, 0.2) is 12.5 Å². The maximum absolute atomic E-state index is 14.2. The van der Waals surface area contributed by atoms with Gasteiger partial charge in [0.15, 0.2) is 0 Å². The smallest absolute Gasteiger partial charge is 0.327 e. The lowest BCUT2D eigenvalue weighted by atomic mass is 9.95. The molecule has 77 heavy (non-hydrogen) atoms. The molecule has 19 N–H and O–H groups in total. The number of nitrogens with zero attached hydrogens (tertiary/aromatic N) is 1. The van der Waals surface area contributed by atoms with Gasteiger partial charge in [0.1, 0.15) is 48.3 Å². The van der Waals surface area contributed by atoms with E-state index in [4.69, 9.17) is 22.9 Å². The summed E-state index contributed by atoms with van der Waals surface area (Å²) in [4.78, 5) is 177. The van der Waals surface area contributed by atoms with Crippen molar-refractivity contribution in [1.82, 2.24) is 57.8 Å². The first-order valence-electron chi connectivity index (χ1n) is 25.1. The number of nitrogens with one attached hydrogen (secondary N) is 10. The summed E-state index contributed by atoms with van der Waals surface area (Å²) >= 11 is 3.84. The largest absolute Gasteiger partial charge is 0.480 e. The quantitative estimate of drug-likeness (QED) is 0.0280. The van der Waals surface area contributed by atoms with E-state index in [1.165, 1.54) is 19.4 Å². The van der Waals surface area contributed by atoms with Gasteiger partial charge in [-0.2, -0.15) is 12.6 Å². The van der Waals surface area contributed by atoms with E-state index in [1.807, 2.05) is 20.8 Å². The summed E-state index contributed by atoms with van der Waals surface area (Å²) < 4.78 is 0. The molecule has 0 saturated heterocycles. The number of aromatic amines is 1. The van der Waals surface area contributed by atoms with Crippen LogP contribution in [0.4, 0.5) is 0 Å². The third-order valence-corrected chi connectivity index (χ3v) is 12.5. The molecule has 12 amide bonds. The van der Waals surface area contributed by atoms with Gasteiger partial charge in [0, 0.05) is 24.8 Å². The van der Waals surface area contributed by atoms with E-state index in [-0.39, 0.29) is 30.2 Å². The molecule has 0 unspecified atom stereocenters. The van der Waals surface area contributed by atoms with Gasteiger partial charge in [-0.25, -0.2) is 9.78 Å². The highest BCUT2D eigenvalue weighted by atomic mass is 32.1. The van der Waals surface area contributed by atoms with Crippen LogP contribution >= 0.6 is 12.6 Å². The number of aliphatic carboxylic acids is 1. The molecule has 0 aliphatic rings. The molecular formula is C47H79N15O14S. The second kappa shape index (κ2) is 33.6. The number of carboxylic acids is 1. The van der Waals surface area contributed by atoms with Gasteiger partial charge in [0.25, 0.3) is 0 Å². The number of aromatic nitrogens is 2. The topological polar surface area (TPSA) is 483 Å². The second-order valence-corrected chi connectivity index (χ2v) is 19.8. The summed E-state index contributed by atoms with van der Waals surface area (Å²) in [5.74, 6) is -15.0. The number of hydrogen-bond donors (Lipinski definition) is 16. The molecule has 1 aromatic heterocycles. The summed E-state index contributed by atoms with van der Waals surface area (Å²) in [5.41, 5.74) is 22.5. The number of nitrogens with two attached hydrogens (primary N) is 4. The first-order valence-corrected chi connectivity index (χ1v) is 25.7. The Balaban J connectivity index is 3.51. The third-order valence-electron chi connectivity index (χ3n) is 12.1. The first-order chi connectivity index (χ1) is 35.9. The third kappa shape index (κ3) is 24.5. The minimum Gasteiger partial charge on any atom is -0.480 e. The molecule has 1 heterocycles. The van der Waals surface area contributed by atoms with Gasteiger partial charge in [0.05, 0.1) is 37.4 Å². The zero-order valence-electron chi connectivity index (χ0n) is 44.7. The van der Waals surface area contributed by atoms with Gasteiger partial charge >= 0.3 is 5.97 Å². The number of hydrogen-bond acceptors (Lipinski definition) is 16. The van der Waals surface area contributed by atoms with Crippen LogP contribution in [0.1, 0.15) is 106 Å². The molecule has 0 spiro atoms. The van der Waals surface area contributed by atoms with Crippen molar-refractivity contribution in [2.45, 2.75) is 161 Å². The normalized spacial score (nSPS) is 15.4. The van der Waals surface area contributed by atoms with Crippen molar-refractivity contribution >= 4 is 89.5 Å². The standard InChI is InChI=1S/C47H79N15O14S/c1-9-23(7)37(45(73)56-27(11-12-32(49)63)41(69)57-29(15-33(50)64)40(68)53-18-35(66)55-31(19-77)47(75)76)62-43(71)30(16-34(51)65)58-42(70)28(14-25-17-52-20-54-25)59-44(72)36(22(5)6)60-46(74)38(24(8)10-2)61-39(67)26(48)13-21(3)4/h17,20-24,26-31,36-38,77H,9-16,18-19,48H2,1-8H3,(H2,49,63)(H2,50,64)(H2,51,65)(H,52,54)(H,53,68)(H,55,66)(H,56,73)(H,57,69)(H,58,70)(H,59,72)(H,60,74)(H,61,67)(H,62,71)(H,75,76)/t23-,24-,26-,27-,28-,29-,30-,31-,36-,37-,38-/m0/s1. The zero-order chi connectivity index (χ0) is 58.9. The van der Waals surface area contributed by atoms with Crippen molar-refractivity contribution < 1.29 is 67.4 Å². The predicted octanol–water partition coefficient (Wildman–Crippen LogP) is -4.90. The minimum atomic E-state index is -1.81. The Labute approximate surface area is 451 Å². The Kier molecular flexibility index (Phi) is 29.5. The number of rotatable bonds is 36. The van der Waals surface area contributed by atoms with E-state index in [1.54, 1.807) is 27.7 Å². The molecule has 0 fully saturated rings. The lowest BCUT2D eigenvalue weighted by Gasteiger charge is -2.30. The van der Waals surface area contributed by atoms with E-state index in [2.05, 4.69) is 70.4 Å². The van der Waals surface area contributed by atoms with E-state index >= 15 is 0 Å². The van der Waals surface area contributed by atoms with Gasteiger partial charge in [-0.1, -0.05) is 68.2 Å². The molecule has 0 bridgehead atoms. The van der Waals surface area contributed by atoms with Crippen molar-refractivity contribution in [3.63, 3.8) is 0 Å². The molecule has 0 aliphatic heterocycles. The number of carboxylic acid groups (broad SMARTS) is 1. The summed E-state index contributed by atoms with van der Waals surface area (Å²) in [6.07, 6.45) is 0.766. The maximum Gasteiger partial charge on any atom is 0.327 e. The number of imidazole rings is 1. The van der Waals surface area contributed by atoms with Gasteiger partial charge in [-0.3, -0.25) is 57.5 Å². The number of primary amides is 3. The van der Waals surface area contributed by atoms with Crippen LogP contribution in [-0.4, -0.2) is 159 Å². The average Bonchev–Trinajstić information content (AvgIpc) is 3.87. The van der Waals surface area contributed by atoms with Crippen molar-refractivity contribution in [2.24, 2.45) is 46.6 Å². The van der Waals surface area contributed by atoms with Crippen LogP contribution in [0.5, 0.6) is 0 Å². The van der Waals surface area contributed by atoms with E-state index in [0.29, 0.717) is 12.8 Å². The van der Waals surface area contributed by atoms with Crippen LogP contribution < -0.4 is 70.8 Å². The molecule has 11 atom stereocenters. The predicted molar refractivity (Wildman–Crippen MR) is 279 cm³/mol. The highest BCUT2D eigenvalue weighted by Crippen LogP contribution is 2.14.